The Labute approximate surface area is 112 Å². The lowest BCUT2D eigenvalue weighted by atomic mass is 10.1. The molecule has 104 valence electrons. The standard InChI is InChI=1S/C14H19FN2O2/c1-2-19-12-4-3-10(7-11(12)15)13(18)17-9-14(8-16)5-6-14/h3-4,7H,2,5-6,8-9,16H2,1H3,(H,17,18). The van der Waals surface area contributed by atoms with E-state index in [1.165, 1.54) is 12.1 Å². The van der Waals surface area contributed by atoms with Gasteiger partial charge in [0, 0.05) is 17.5 Å². The topological polar surface area (TPSA) is 64.3 Å². The summed E-state index contributed by atoms with van der Waals surface area (Å²) >= 11 is 0. The lowest BCUT2D eigenvalue weighted by molar-refractivity contribution is 0.0945. The minimum absolute atomic E-state index is 0.0689. The van der Waals surface area contributed by atoms with Crippen LogP contribution in [0.3, 0.4) is 0 Å². The number of halogens is 1. The summed E-state index contributed by atoms with van der Waals surface area (Å²) in [4.78, 5) is 11.9. The first-order valence-electron chi connectivity index (χ1n) is 6.51. The first kappa shape index (κ1) is 13.8. The second-order valence-electron chi connectivity index (χ2n) is 4.97. The molecule has 0 saturated heterocycles. The molecule has 0 spiro atoms. The molecule has 0 radical (unpaired) electrons. The number of hydrogen-bond donors (Lipinski definition) is 2. The molecule has 3 N–H and O–H groups in total. The average molecular weight is 266 g/mol. The molecule has 1 aromatic rings. The van der Waals surface area contributed by atoms with Crippen LogP contribution >= 0.6 is 0 Å². The Kier molecular flexibility index (Phi) is 4.04. The number of nitrogens with one attached hydrogen (secondary N) is 1. The highest BCUT2D eigenvalue weighted by molar-refractivity contribution is 5.94. The van der Waals surface area contributed by atoms with Crippen LogP contribution in [0.15, 0.2) is 18.2 Å². The fraction of sp³-hybridized carbons (Fsp3) is 0.500. The van der Waals surface area contributed by atoms with Crippen molar-refractivity contribution >= 4 is 5.91 Å². The van der Waals surface area contributed by atoms with Crippen molar-refractivity contribution in [1.82, 2.24) is 5.32 Å². The number of ether oxygens (including phenoxy) is 1. The number of hydrogen-bond acceptors (Lipinski definition) is 3. The van der Waals surface area contributed by atoms with Crippen LogP contribution in [0.25, 0.3) is 0 Å². The number of amides is 1. The van der Waals surface area contributed by atoms with Gasteiger partial charge >= 0.3 is 0 Å². The molecule has 4 nitrogen and oxygen atoms in total. The van der Waals surface area contributed by atoms with E-state index in [0.29, 0.717) is 25.3 Å². The van der Waals surface area contributed by atoms with Crippen LogP contribution in [0.5, 0.6) is 5.75 Å². The molecule has 0 atom stereocenters. The van der Waals surface area contributed by atoms with Gasteiger partial charge in [-0.05, 0) is 44.5 Å². The molecule has 2 rings (SSSR count). The highest BCUT2D eigenvalue weighted by Crippen LogP contribution is 2.43. The summed E-state index contributed by atoms with van der Waals surface area (Å²) < 4.78 is 18.7. The molecule has 1 fully saturated rings. The molecule has 1 aliphatic rings. The van der Waals surface area contributed by atoms with E-state index in [4.69, 9.17) is 10.5 Å². The summed E-state index contributed by atoms with van der Waals surface area (Å²) in [6.07, 6.45) is 2.09. The number of benzene rings is 1. The van der Waals surface area contributed by atoms with Crippen molar-refractivity contribution < 1.29 is 13.9 Å². The van der Waals surface area contributed by atoms with E-state index in [2.05, 4.69) is 5.32 Å². The maximum atomic E-state index is 13.6. The highest BCUT2D eigenvalue weighted by atomic mass is 19.1. The first-order chi connectivity index (χ1) is 9.10. The van der Waals surface area contributed by atoms with Crippen LogP contribution in [0.4, 0.5) is 4.39 Å². The molecule has 0 heterocycles. The molecule has 1 saturated carbocycles. The van der Waals surface area contributed by atoms with Crippen LogP contribution in [0.1, 0.15) is 30.1 Å². The van der Waals surface area contributed by atoms with Gasteiger partial charge in [0.15, 0.2) is 11.6 Å². The molecule has 0 aliphatic heterocycles. The molecule has 0 aromatic heterocycles. The molecule has 0 unspecified atom stereocenters. The molecule has 1 amide bonds. The number of rotatable bonds is 6. The van der Waals surface area contributed by atoms with Gasteiger partial charge in [-0.2, -0.15) is 0 Å². The Morgan fingerprint density at radius 1 is 1.53 bits per heavy atom. The van der Waals surface area contributed by atoms with Gasteiger partial charge in [-0.3, -0.25) is 4.79 Å². The van der Waals surface area contributed by atoms with Crippen LogP contribution in [0.2, 0.25) is 0 Å². The largest absolute Gasteiger partial charge is 0.491 e. The molecule has 0 bridgehead atoms. The lowest BCUT2D eigenvalue weighted by Crippen LogP contribution is -2.33. The van der Waals surface area contributed by atoms with Gasteiger partial charge in [0.25, 0.3) is 5.91 Å². The van der Waals surface area contributed by atoms with Crippen LogP contribution in [-0.4, -0.2) is 25.6 Å². The van der Waals surface area contributed by atoms with E-state index >= 15 is 0 Å². The molecule has 5 heteroatoms. The number of carbonyl (C=O) groups excluding carboxylic acids is 1. The summed E-state index contributed by atoms with van der Waals surface area (Å²) in [5.41, 5.74) is 6.01. The van der Waals surface area contributed by atoms with Gasteiger partial charge in [-0.25, -0.2) is 4.39 Å². The Morgan fingerprint density at radius 3 is 2.79 bits per heavy atom. The lowest BCUT2D eigenvalue weighted by Gasteiger charge is -2.13. The maximum absolute atomic E-state index is 13.6. The van der Waals surface area contributed by atoms with Gasteiger partial charge in [-0.1, -0.05) is 0 Å². The molecule has 1 aromatic carbocycles. The van der Waals surface area contributed by atoms with Gasteiger partial charge < -0.3 is 15.8 Å². The molecular formula is C14H19FN2O2. The molecular weight excluding hydrogens is 247 g/mol. The summed E-state index contributed by atoms with van der Waals surface area (Å²) in [5, 5.41) is 2.80. The average Bonchev–Trinajstić information content (AvgIpc) is 3.19. The van der Waals surface area contributed by atoms with Crippen molar-refractivity contribution in [2.45, 2.75) is 19.8 Å². The van der Waals surface area contributed by atoms with E-state index in [1.807, 2.05) is 0 Å². The van der Waals surface area contributed by atoms with Crippen molar-refractivity contribution in [3.8, 4) is 5.75 Å². The van der Waals surface area contributed by atoms with Crippen molar-refractivity contribution in [1.29, 1.82) is 0 Å². The van der Waals surface area contributed by atoms with Crippen molar-refractivity contribution in [3.63, 3.8) is 0 Å². The second kappa shape index (κ2) is 5.57. The Morgan fingerprint density at radius 2 is 2.26 bits per heavy atom. The van der Waals surface area contributed by atoms with Gasteiger partial charge in [0.2, 0.25) is 0 Å². The zero-order chi connectivity index (χ0) is 13.9. The van der Waals surface area contributed by atoms with Crippen LogP contribution in [-0.2, 0) is 0 Å². The summed E-state index contributed by atoms with van der Waals surface area (Å²) in [6.45, 7) is 3.30. The van der Waals surface area contributed by atoms with Crippen molar-refractivity contribution in [2.24, 2.45) is 11.1 Å². The van der Waals surface area contributed by atoms with E-state index in [0.717, 1.165) is 12.8 Å². The van der Waals surface area contributed by atoms with E-state index in [1.54, 1.807) is 13.0 Å². The Hall–Kier alpha value is -1.62. The van der Waals surface area contributed by atoms with E-state index in [9.17, 15) is 9.18 Å². The predicted molar refractivity (Wildman–Crippen MR) is 70.6 cm³/mol. The van der Waals surface area contributed by atoms with Gasteiger partial charge in [-0.15, -0.1) is 0 Å². The Balaban J connectivity index is 1.97. The second-order valence-corrected chi connectivity index (χ2v) is 4.97. The number of carbonyl (C=O) groups is 1. The monoisotopic (exact) mass is 266 g/mol. The first-order valence-corrected chi connectivity index (χ1v) is 6.51. The summed E-state index contributed by atoms with van der Waals surface area (Å²) in [6, 6.07) is 4.23. The smallest absolute Gasteiger partial charge is 0.251 e. The normalized spacial score (nSPS) is 15.9. The quantitative estimate of drug-likeness (QED) is 0.823. The summed E-state index contributed by atoms with van der Waals surface area (Å²) in [5.74, 6) is -0.629. The molecule has 19 heavy (non-hydrogen) atoms. The predicted octanol–water partition coefficient (Wildman–Crippen LogP) is 1.69. The third-order valence-corrected chi connectivity index (χ3v) is 3.51. The fourth-order valence-corrected chi connectivity index (χ4v) is 1.91. The zero-order valence-corrected chi connectivity index (χ0v) is 11.0. The van der Waals surface area contributed by atoms with E-state index < -0.39 is 5.82 Å². The minimum Gasteiger partial charge on any atom is -0.491 e. The van der Waals surface area contributed by atoms with Crippen molar-refractivity contribution in [2.75, 3.05) is 19.7 Å². The van der Waals surface area contributed by atoms with Crippen LogP contribution in [0, 0.1) is 11.2 Å². The third-order valence-electron chi connectivity index (χ3n) is 3.51. The van der Waals surface area contributed by atoms with Crippen molar-refractivity contribution in [3.05, 3.63) is 29.6 Å². The highest BCUT2D eigenvalue weighted by Gasteiger charge is 2.41. The van der Waals surface area contributed by atoms with Gasteiger partial charge in [0.05, 0.1) is 6.61 Å². The Bertz CT molecular complexity index is 473. The van der Waals surface area contributed by atoms with Crippen LogP contribution < -0.4 is 15.8 Å². The fourth-order valence-electron chi connectivity index (χ4n) is 1.91. The zero-order valence-electron chi connectivity index (χ0n) is 11.0. The minimum atomic E-state index is -0.519. The third kappa shape index (κ3) is 3.23. The molecule has 1 aliphatic carbocycles. The van der Waals surface area contributed by atoms with Gasteiger partial charge in [0.1, 0.15) is 0 Å². The summed E-state index contributed by atoms with van der Waals surface area (Å²) in [7, 11) is 0. The number of nitrogens with two attached hydrogens (primary N) is 1. The van der Waals surface area contributed by atoms with E-state index in [-0.39, 0.29) is 17.1 Å². The SMILES string of the molecule is CCOc1ccc(C(=O)NCC2(CN)CC2)cc1F. The maximum Gasteiger partial charge on any atom is 0.251 e.